The molecule has 0 aliphatic carbocycles. The maximum absolute atomic E-state index is 8.65. The smallest absolute Gasteiger partial charge is 0.0898 e. The van der Waals surface area contributed by atoms with Gasteiger partial charge in [-0.05, 0) is 20.3 Å². The third-order valence-corrected chi connectivity index (χ3v) is 3.19. The molecule has 0 amide bonds. The first-order valence-corrected chi connectivity index (χ1v) is 6.10. The van der Waals surface area contributed by atoms with E-state index in [1.165, 1.54) is 0 Å². The molecule has 2 atom stereocenters. The molecule has 3 nitrogen and oxygen atoms in total. The van der Waals surface area contributed by atoms with Gasteiger partial charge in [0.05, 0.1) is 23.2 Å². The first-order valence-electron chi connectivity index (χ1n) is 5.22. The Kier molecular flexibility index (Phi) is 4.73. The lowest BCUT2D eigenvalue weighted by Gasteiger charge is -2.18. The Labute approximate surface area is 95.2 Å². The zero-order valence-corrected chi connectivity index (χ0v) is 10.3. The van der Waals surface area contributed by atoms with E-state index in [1.54, 1.807) is 11.3 Å². The monoisotopic (exact) mass is 223 g/mol. The van der Waals surface area contributed by atoms with Crippen molar-refractivity contribution in [2.45, 2.75) is 45.7 Å². The minimum Gasteiger partial charge on any atom is -0.305 e. The number of thiazole rings is 1. The Hall–Kier alpha value is -0.920. The molecule has 0 spiro atoms. The average molecular weight is 223 g/mol. The normalized spacial score (nSPS) is 14.5. The fraction of sp³-hybridized carbons (Fsp3) is 0.636. The van der Waals surface area contributed by atoms with Gasteiger partial charge in [0, 0.05) is 17.5 Å². The Morgan fingerprint density at radius 2 is 2.40 bits per heavy atom. The van der Waals surface area contributed by atoms with Crippen molar-refractivity contribution < 1.29 is 0 Å². The minimum atomic E-state index is 0.230. The second-order valence-electron chi connectivity index (χ2n) is 3.65. The van der Waals surface area contributed by atoms with E-state index in [2.05, 4.69) is 35.6 Å². The molecule has 0 radical (unpaired) electrons. The summed E-state index contributed by atoms with van der Waals surface area (Å²) >= 11 is 1.66. The average Bonchev–Trinajstić information content (AvgIpc) is 2.64. The number of nitriles is 1. The molecule has 15 heavy (non-hydrogen) atoms. The van der Waals surface area contributed by atoms with Gasteiger partial charge in [0.1, 0.15) is 0 Å². The molecule has 0 saturated carbocycles. The van der Waals surface area contributed by atoms with Crippen LogP contribution in [0.5, 0.6) is 0 Å². The number of hydrogen-bond donors (Lipinski definition) is 1. The number of aryl methyl sites for hydroxylation is 1. The predicted molar refractivity (Wildman–Crippen MR) is 62.7 cm³/mol. The van der Waals surface area contributed by atoms with Gasteiger partial charge in [-0.25, -0.2) is 4.98 Å². The highest BCUT2D eigenvalue weighted by Crippen LogP contribution is 2.17. The first kappa shape index (κ1) is 12.2. The van der Waals surface area contributed by atoms with Crippen molar-refractivity contribution in [3.05, 3.63) is 16.1 Å². The van der Waals surface area contributed by atoms with Crippen molar-refractivity contribution in [1.82, 2.24) is 10.3 Å². The van der Waals surface area contributed by atoms with Gasteiger partial charge in [0.2, 0.25) is 0 Å². The van der Waals surface area contributed by atoms with Gasteiger partial charge in [-0.1, -0.05) is 6.92 Å². The molecule has 4 heteroatoms. The molecule has 2 unspecified atom stereocenters. The van der Waals surface area contributed by atoms with Crippen LogP contribution in [-0.4, -0.2) is 11.0 Å². The van der Waals surface area contributed by atoms with Crippen molar-refractivity contribution in [2.75, 3.05) is 0 Å². The Morgan fingerprint density at radius 3 is 2.87 bits per heavy atom. The highest BCUT2D eigenvalue weighted by atomic mass is 32.1. The molecule has 0 bridgehead atoms. The first-order chi connectivity index (χ1) is 7.17. The lowest BCUT2D eigenvalue weighted by atomic mass is 10.1. The number of nitrogens with one attached hydrogen (secondary N) is 1. The van der Waals surface area contributed by atoms with E-state index in [-0.39, 0.29) is 12.1 Å². The van der Waals surface area contributed by atoms with E-state index >= 15 is 0 Å². The number of aromatic nitrogens is 1. The summed E-state index contributed by atoms with van der Waals surface area (Å²) in [6.45, 7) is 6.19. The maximum Gasteiger partial charge on any atom is 0.0898 e. The summed E-state index contributed by atoms with van der Waals surface area (Å²) in [6.07, 6.45) is 1.53. The molecular weight excluding hydrogens is 206 g/mol. The molecule has 1 aromatic heterocycles. The zero-order chi connectivity index (χ0) is 11.3. The lowest BCUT2D eigenvalue weighted by molar-refractivity contribution is 0.443. The largest absolute Gasteiger partial charge is 0.305 e. The van der Waals surface area contributed by atoms with Crippen LogP contribution >= 0.6 is 11.3 Å². The van der Waals surface area contributed by atoms with E-state index in [0.29, 0.717) is 6.42 Å². The summed E-state index contributed by atoms with van der Waals surface area (Å²) in [5.74, 6) is 0. The van der Waals surface area contributed by atoms with E-state index < -0.39 is 0 Å². The summed E-state index contributed by atoms with van der Waals surface area (Å²) in [4.78, 5) is 4.43. The second kappa shape index (κ2) is 5.84. The minimum absolute atomic E-state index is 0.230. The summed E-state index contributed by atoms with van der Waals surface area (Å²) in [7, 11) is 0. The Bertz CT molecular complexity index is 340. The van der Waals surface area contributed by atoms with Crippen LogP contribution in [0.3, 0.4) is 0 Å². The summed E-state index contributed by atoms with van der Waals surface area (Å²) in [5, 5.41) is 15.2. The van der Waals surface area contributed by atoms with Gasteiger partial charge in [0.25, 0.3) is 0 Å². The lowest BCUT2D eigenvalue weighted by Crippen LogP contribution is -2.30. The van der Waals surface area contributed by atoms with Crippen molar-refractivity contribution >= 4 is 11.3 Å². The van der Waals surface area contributed by atoms with Gasteiger partial charge in [-0.3, -0.25) is 0 Å². The second-order valence-corrected chi connectivity index (χ2v) is 4.71. The Morgan fingerprint density at radius 1 is 1.67 bits per heavy atom. The SMILES string of the molecule is CCC(CC#N)NC(C)c1csc(C)n1. The molecule has 0 aliphatic heterocycles. The molecule has 0 aromatic carbocycles. The summed E-state index contributed by atoms with van der Waals surface area (Å²) in [5.41, 5.74) is 1.08. The van der Waals surface area contributed by atoms with Crippen LogP contribution in [0.15, 0.2) is 5.38 Å². The molecule has 0 aliphatic rings. The Balaban J connectivity index is 2.54. The van der Waals surface area contributed by atoms with Gasteiger partial charge in [0.15, 0.2) is 0 Å². The number of nitrogens with zero attached hydrogens (tertiary/aromatic N) is 2. The van der Waals surface area contributed by atoms with Crippen LogP contribution < -0.4 is 5.32 Å². The third-order valence-electron chi connectivity index (χ3n) is 2.40. The summed E-state index contributed by atoms with van der Waals surface area (Å²) < 4.78 is 0. The number of hydrogen-bond acceptors (Lipinski definition) is 4. The predicted octanol–water partition coefficient (Wildman–Crippen LogP) is 2.79. The van der Waals surface area contributed by atoms with Gasteiger partial charge in [-0.15, -0.1) is 11.3 Å². The van der Waals surface area contributed by atoms with Crippen LogP contribution in [0.2, 0.25) is 0 Å². The molecule has 1 rings (SSSR count). The number of rotatable bonds is 5. The van der Waals surface area contributed by atoms with Crippen molar-refractivity contribution in [2.24, 2.45) is 0 Å². The van der Waals surface area contributed by atoms with Crippen molar-refractivity contribution in [1.29, 1.82) is 5.26 Å². The molecular formula is C11H17N3S. The van der Waals surface area contributed by atoms with Gasteiger partial charge >= 0.3 is 0 Å². The molecule has 1 heterocycles. The fourth-order valence-corrected chi connectivity index (χ4v) is 2.16. The molecule has 0 fully saturated rings. The fourth-order valence-electron chi connectivity index (χ4n) is 1.45. The highest BCUT2D eigenvalue weighted by Gasteiger charge is 2.13. The van der Waals surface area contributed by atoms with Crippen LogP contribution in [-0.2, 0) is 0 Å². The van der Waals surface area contributed by atoms with Crippen LogP contribution in [0.1, 0.15) is 43.4 Å². The highest BCUT2D eigenvalue weighted by molar-refractivity contribution is 7.09. The third kappa shape index (κ3) is 3.61. The van der Waals surface area contributed by atoms with E-state index in [9.17, 15) is 0 Å². The van der Waals surface area contributed by atoms with Crippen LogP contribution in [0.25, 0.3) is 0 Å². The van der Waals surface area contributed by atoms with Crippen LogP contribution in [0, 0.1) is 18.3 Å². The van der Waals surface area contributed by atoms with E-state index in [0.717, 1.165) is 17.1 Å². The molecule has 1 N–H and O–H groups in total. The van der Waals surface area contributed by atoms with Gasteiger partial charge < -0.3 is 5.32 Å². The van der Waals surface area contributed by atoms with E-state index in [4.69, 9.17) is 5.26 Å². The van der Waals surface area contributed by atoms with Crippen molar-refractivity contribution in [3.63, 3.8) is 0 Å². The molecule has 0 saturated heterocycles. The molecule has 82 valence electrons. The van der Waals surface area contributed by atoms with Gasteiger partial charge in [-0.2, -0.15) is 5.26 Å². The maximum atomic E-state index is 8.65. The summed E-state index contributed by atoms with van der Waals surface area (Å²) in [6, 6.07) is 2.70. The zero-order valence-electron chi connectivity index (χ0n) is 9.45. The van der Waals surface area contributed by atoms with Crippen molar-refractivity contribution in [3.8, 4) is 6.07 Å². The molecule has 1 aromatic rings. The van der Waals surface area contributed by atoms with E-state index in [1.807, 2.05) is 6.92 Å². The quantitative estimate of drug-likeness (QED) is 0.835. The standard InChI is InChI=1S/C11H17N3S/c1-4-10(5-6-12)13-8(2)11-7-15-9(3)14-11/h7-8,10,13H,4-5H2,1-3H3. The van der Waals surface area contributed by atoms with Crippen LogP contribution in [0.4, 0.5) is 0 Å². The topological polar surface area (TPSA) is 48.7 Å².